The smallest absolute Gasteiger partial charge is 0.230 e. The lowest BCUT2D eigenvalue weighted by atomic mass is 10.0. The molecule has 0 aliphatic rings. The van der Waals surface area contributed by atoms with Crippen molar-refractivity contribution in [3.05, 3.63) is 51.1 Å². The van der Waals surface area contributed by atoms with Gasteiger partial charge in [0.05, 0.1) is 11.8 Å². The van der Waals surface area contributed by atoms with Crippen LogP contribution in [0, 0.1) is 5.92 Å². The first kappa shape index (κ1) is 16.6. The van der Waals surface area contributed by atoms with Crippen molar-refractivity contribution in [1.82, 2.24) is 5.32 Å². The van der Waals surface area contributed by atoms with Crippen LogP contribution < -0.4 is 5.32 Å². The molecular formula is C16H18BrNOS2. The van der Waals surface area contributed by atoms with Crippen molar-refractivity contribution < 1.29 is 4.79 Å². The van der Waals surface area contributed by atoms with E-state index < -0.39 is 0 Å². The highest BCUT2D eigenvalue weighted by Gasteiger charge is 2.19. The SMILES string of the molecule is CC(C)C(NC(=O)CSc1ccc(Br)cc1)c1cccs1. The molecule has 2 rings (SSSR count). The Kier molecular flexibility index (Phi) is 6.33. The Morgan fingerprint density at radius 2 is 2.00 bits per heavy atom. The van der Waals surface area contributed by atoms with Crippen LogP contribution in [-0.2, 0) is 4.79 Å². The molecule has 1 aromatic carbocycles. The summed E-state index contributed by atoms with van der Waals surface area (Å²) in [5.74, 6) is 0.899. The fraction of sp³-hybridized carbons (Fsp3) is 0.312. The molecule has 1 unspecified atom stereocenters. The van der Waals surface area contributed by atoms with Gasteiger partial charge < -0.3 is 5.32 Å². The summed E-state index contributed by atoms with van der Waals surface area (Å²) < 4.78 is 1.05. The van der Waals surface area contributed by atoms with Crippen LogP contribution in [0.1, 0.15) is 24.8 Å². The lowest BCUT2D eigenvalue weighted by Gasteiger charge is -2.21. The first-order valence-corrected chi connectivity index (χ1v) is 9.43. The minimum atomic E-state index is 0.0787. The van der Waals surface area contributed by atoms with Crippen molar-refractivity contribution in [3.8, 4) is 0 Å². The highest BCUT2D eigenvalue weighted by molar-refractivity contribution is 9.10. The van der Waals surface area contributed by atoms with Gasteiger partial charge in [0, 0.05) is 14.2 Å². The molecule has 1 aromatic heterocycles. The average Bonchev–Trinajstić information content (AvgIpc) is 2.97. The largest absolute Gasteiger partial charge is 0.347 e. The number of thioether (sulfide) groups is 1. The Bertz CT molecular complexity index is 566. The molecule has 0 aliphatic carbocycles. The topological polar surface area (TPSA) is 29.1 Å². The first-order chi connectivity index (χ1) is 10.1. The van der Waals surface area contributed by atoms with E-state index in [-0.39, 0.29) is 11.9 Å². The lowest BCUT2D eigenvalue weighted by molar-refractivity contribution is -0.119. The quantitative estimate of drug-likeness (QED) is 0.701. The number of carbonyl (C=O) groups is 1. The highest BCUT2D eigenvalue weighted by atomic mass is 79.9. The van der Waals surface area contributed by atoms with Gasteiger partial charge in [-0.2, -0.15) is 0 Å². The van der Waals surface area contributed by atoms with Crippen LogP contribution in [0.2, 0.25) is 0 Å². The minimum absolute atomic E-state index is 0.0787. The minimum Gasteiger partial charge on any atom is -0.347 e. The second-order valence-electron chi connectivity index (χ2n) is 5.05. The van der Waals surface area contributed by atoms with Crippen molar-refractivity contribution in [2.45, 2.75) is 24.8 Å². The highest BCUT2D eigenvalue weighted by Crippen LogP contribution is 2.26. The number of nitrogens with one attached hydrogen (secondary N) is 1. The monoisotopic (exact) mass is 383 g/mol. The summed E-state index contributed by atoms with van der Waals surface area (Å²) in [5, 5.41) is 5.19. The molecule has 0 spiro atoms. The van der Waals surface area contributed by atoms with Crippen LogP contribution >= 0.6 is 39.0 Å². The maximum absolute atomic E-state index is 12.2. The summed E-state index contributed by atoms with van der Waals surface area (Å²) in [6.07, 6.45) is 0. The molecule has 1 heterocycles. The second kappa shape index (κ2) is 8.01. The number of hydrogen-bond acceptors (Lipinski definition) is 3. The van der Waals surface area contributed by atoms with Gasteiger partial charge in [-0.3, -0.25) is 4.79 Å². The molecule has 21 heavy (non-hydrogen) atoms. The molecule has 0 aliphatic heterocycles. The van der Waals surface area contributed by atoms with Crippen molar-refractivity contribution in [2.24, 2.45) is 5.92 Å². The molecule has 1 N–H and O–H groups in total. The summed E-state index contributed by atoms with van der Waals surface area (Å²) in [6.45, 7) is 4.26. The van der Waals surface area contributed by atoms with Gasteiger partial charge in [0.15, 0.2) is 0 Å². The number of rotatable bonds is 6. The van der Waals surface area contributed by atoms with E-state index in [1.54, 1.807) is 23.1 Å². The Balaban J connectivity index is 1.89. The molecule has 0 saturated carbocycles. The second-order valence-corrected chi connectivity index (χ2v) is 7.99. The predicted molar refractivity (Wildman–Crippen MR) is 94.9 cm³/mol. The van der Waals surface area contributed by atoms with E-state index in [1.165, 1.54) is 4.88 Å². The number of thiophene rings is 1. The first-order valence-electron chi connectivity index (χ1n) is 6.77. The van der Waals surface area contributed by atoms with Crippen molar-refractivity contribution in [3.63, 3.8) is 0 Å². The molecular weight excluding hydrogens is 366 g/mol. The maximum Gasteiger partial charge on any atom is 0.230 e. The molecule has 2 nitrogen and oxygen atoms in total. The van der Waals surface area contributed by atoms with Gasteiger partial charge in [0.25, 0.3) is 0 Å². The van der Waals surface area contributed by atoms with Gasteiger partial charge in [0.2, 0.25) is 5.91 Å². The van der Waals surface area contributed by atoms with Gasteiger partial charge in [0.1, 0.15) is 0 Å². The van der Waals surface area contributed by atoms with Gasteiger partial charge in [-0.25, -0.2) is 0 Å². The number of amides is 1. The Morgan fingerprint density at radius 1 is 1.29 bits per heavy atom. The maximum atomic E-state index is 12.2. The van der Waals surface area contributed by atoms with E-state index in [1.807, 2.05) is 35.7 Å². The molecule has 112 valence electrons. The molecule has 1 atom stereocenters. The molecule has 0 bridgehead atoms. The van der Waals surface area contributed by atoms with Gasteiger partial charge >= 0.3 is 0 Å². The third kappa shape index (κ3) is 5.16. The number of benzene rings is 1. The van der Waals surface area contributed by atoms with Crippen LogP contribution in [0.5, 0.6) is 0 Å². The number of halogens is 1. The van der Waals surface area contributed by atoms with Crippen molar-refractivity contribution in [1.29, 1.82) is 0 Å². The van der Waals surface area contributed by atoms with Crippen molar-refractivity contribution in [2.75, 3.05) is 5.75 Å². The van der Waals surface area contributed by atoms with Crippen molar-refractivity contribution >= 4 is 44.9 Å². The predicted octanol–water partition coefficient (Wildman–Crippen LogP) is 5.12. The molecule has 5 heteroatoms. The summed E-state index contributed by atoms with van der Waals surface area (Å²) in [7, 11) is 0. The zero-order valence-corrected chi connectivity index (χ0v) is 15.2. The van der Waals surface area contributed by atoms with Gasteiger partial charge in [-0.05, 0) is 41.6 Å². The van der Waals surface area contributed by atoms with Gasteiger partial charge in [-0.15, -0.1) is 23.1 Å². The average molecular weight is 384 g/mol. The Hall–Kier alpha value is -0.780. The summed E-state index contributed by atoms with van der Waals surface area (Å²) in [6, 6.07) is 12.2. The van der Waals surface area contributed by atoms with E-state index >= 15 is 0 Å². The number of carbonyl (C=O) groups excluding carboxylic acids is 1. The molecule has 1 amide bonds. The van der Waals surface area contributed by atoms with E-state index in [2.05, 4.69) is 41.2 Å². The fourth-order valence-electron chi connectivity index (χ4n) is 1.93. The Morgan fingerprint density at radius 3 is 2.57 bits per heavy atom. The lowest BCUT2D eigenvalue weighted by Crippen LogP contribution is -2.32. The summed E-state index contributed by atoms with van der Waals surface area (Å²) in [4.78, 5) is 14.5. The molecule has 0 saturated heterocycles. The Labute approximate surface area is 142 Å². The zero-order chi connectivity index (χ0) is 15.2. The molecule has 0 radical (unpaired) electrons. The molecule has 2 aromatic rings. The van der Waals surface area contributed by atoms with E-state index in [0.29, 0.717) is 11.7 Å². The standard InChI is InChI=1S/C16H18BrNOS2/c1-11(2)16(14-4-3-9-20-14)18-15(19)10-21-13-7-5-12(17)6-8-13/h3-9,11,16H,10H2,1-2H3,(H,18,19). The fourth-order valence-corrected chi connectivity index (χ4v) is 3.85. The summed E-state index contributed by atoms with van der Waals surface area (Å²) >= 11 is 6.66. The third-order valence-corrected chi connectivity index (χ3v) is 5.51. The third-order valence-electron chi connectivity index (χ3n) is 3.02. The normalized spacial score (nSPS) is 12.4. The van der Waals surface area contributed by atoms with Crippen LogP contribution in [0.4, 0.5) is 0 Å². The van der Waals surface area contributed by atoms with E-state index in [9.17, 15) is 4.79 Å². The summed E-state index contributed by atoms with van der Waals surface area (Å²) in [5.41, 5.74) is 0. The van der Waals surface area contributed by atoms with E-state index in [4.69, 9.17) is 0 Å². The van der Waals surface area contributed by atoms with E-state index in [0.717, 1.165) is 9.37 Å². The van der Waals surface area contributed by atoms with Crippen LogP contribution in [-0.4, -0.2) is 11.7 Å². The van der Waals surface area contributed by atoms with Crippen LogP contribution in [0.25, 0.3) is 0 Å². The number of hydrogen-bond donors (Lipinski definition) is 1. The zero-order valence-electron chi connectivity index (χ0n) is 12.0. The van der Waals surface area contributed by atoms with Gasteiger partial charge in [-0.1, -0.05) is 35.8 Å². The van der Waals surface area contributed by atoms with Crippen LogP contribution in [0.15, 0.2) is 51.1 Å². The van der Waals surface area contributed by atoms with Crippen LogP contribution in [0.3, 0.4) is 0 Å². The molecule has 0 fully saturated rings.